The molecule has 3 fully saturated rings. The lowest BCUT2D eigenvalue weighted by Crippen LogP contribution is -2.64. The summed E-state index contributed by atoms with van der Waals surface area (Å²) in [5.74, 6) is -3.72. The minimum Gasteiger partial charge on any atom is -0.477 e. The number of carbonyl (C=O) groups is 3. The van der Waals surface area contributed by atoms with Crippen LogP contribution in [-0.2, 0) is 4.79 Å². The summed E-state index contributed by atoms with van der Waals surface area (Å²) in [5.41, 5.74) is 10.3. The minimum atomic E-state index is -2.70. The number of carboxylic acid groups (broad SMARTS) is 1. The van der Waals surface area contributed by atoms with Crippen LogP contribution in [0.5, 0.6) is 5.88 Å². The fourth-order valence-electron chi connectivity index (χ4n) is 3.17. The van der Waals surface area contributed by atoms with E-state index >= 15 is 0 Å². The predicted octanol–water partition coefficient (Wildman–Crippen LogP) is -0.104. The average Bonchev–Trinajstić information content (AvgIpc) is 3.51. The van der Waals surface area contributed by atoms with E-state index in [4.69, 9.17) is 21.3 Å². The summed E-state index contributed by atoms with van der Waals surface area (Å²) in [6.45, 7) is 0.235. The predicted molar refractivity (Wildman–Crippen MR) is 109 cm³/mol. The third-order valence-electron chi connectivity index (χ3n) is 5.13. The van der Waals surface area contributed by atoms with E-state index in [-0.39, 0.29) is 50.2 Å². The van der Waals surface area contributed by atoms with Gasteiger partial charge in [0.05, 0.1) is 25.2 Å². The number of amides is 3. The largest absolute Gasteiger partial charge is 0.477 e. The number of hydrogen-bond donors (Lipinski definition) is 5. The Bertz CT molecular complexity index is 877. The molecule has 2 saturated heterocycles. The Hall–Kier alpha value is -3.22. The van der Waals surface area contributed by atoms with Crippen LogP contribution in [0, 0.1) is 5.92 Å². The first-order valence-corrected chi connectivity index (χ1v) is 10.1. The van der Waals surface area contributed by atoms with Crippen LogP contribution in [0.25, 0.3) is 0 Å². The minimum absolute atomic E-state index is 0.0697. The Morgan fingerprint density at radius 1 is 1.25 bits per heavy atom. The van der Waals surface area contributed by atoms with Crippen molar-refractivity contribution in [3.63, 3.8) is 0 Å². The number of carboxylic acids is 1. The van der Waals surface area contributed by atoms with Crippen molar-refractivity contribution in [2.75, 3.05) is 37.7 Å². The van der Waals surface area contributed by atoms with Crippen LogP contribution in [0.15, 0.2) is 12.1 Å². The first-order chi connectivity index (χ1) is 15.0. The number of ether oxygens (including phenoxy) is 1. The highest BCUT2D eigenvalue weighted by atomic mass is 19.3. The Balaban J connectivity index is 0.000000207. The fraction of sp³-hybridized carbons (Fsp3) is 0.579. The van der Waals surface area contributed by atoms with Gasteiger partial charge in [0.1, 0.15) is 5.69 Å². The highest BCUT2D eigenvalue weighted by Crippen LogP contribution is 2.37. The molecule has 1 aromatic heterocycles. The molecular formula is C19H26F2N6O5. The van der Waals surface area contributed by atoms with Crippen LogP contribution in [-0.4, -0.2) is 72.2 Å². The first-order valence-electron chi connectivity index (χ1n) is 10.1. The molecule has 4 rings (SSSR count). The molecule has 3 amide bonds. The van der Waals surface area contributed by atoms with Crippen molar-refractivity contribution in [2.24, 2.45) is 17.4 Å². The van der Waals surface area contributed by atoms with Crippen LogP contribution < -0.4 is 31.7 Å². The zero-order chi connectivity index (χ0) is 23.5. The second kappa shape index (κ2) is 9.10. The number of alkyl halides is 2. The summed E-state index contributed by atoms with van der Waals surface area (Å²) in [4.78, 5) is 37.5. The van der Waals surface area contributed by atoms with Gasteiger partial charge < -0.3 is 36.8 Å². The normalized spacial score (nSPS) is 20.6. The van der Waals surface area contributed by atoms with Crippen LogP contribution in [0.4, 0.5) is 19.3 Å². The van der Waals surface area contributed by atoms with Gasteiger partial charge in [0, 0.05) is 19.5 Å². The van der Waals surface area contributed by atoms with Gasteiger partial charge in [0.15, 0.2) is 5.69 Å². The summed E-state index contributed by atoms with van der Waals surface area (Å²) >= 11 is 0. The molecule has 1 aromatic rings. The van der Waals surface area contributed by atoms with Crippen molar-refractivity contribution in [1.29, 1.82) is 0 Å². The number of carbonyl (C=O) groups excluding carboxylic acids is 2. The van der Waals surface area contributed by atoms with Crippen molar-refractivity contribution in [2.45, 2.75) is 30.7 Å². The molecule has 32 heavy (non-hydrogen) atoms. The molecule has 7 N–H and O–H groups in total. The highest BCUT2D eigenvalue weighted by molar-refractivity contribution is 5.86. The third-order valence-corrected chi connectivity index (χ3v) is 5.13. The maximum atomic E-state index is 12.9. The van der Waals surface area contributed by atoms with E-state index in [1.807, 2.05) is 0 Å². The van der Waals surface area contributed by atoms with Crippen LogP contribution in [0.3, 0.4) is 0 Å². The second-order valence-electron chi connectivity index (χ2n) is 8.33. The first kappa shape index (κ1) is 23.4. The Labute approximate surface area is 182 Å². The Morgan fingerprint density at radius 2 is 1.88 bits per heavy atom. The number of nitrogens with zero attached hydrogens (tertiary/aromatic N) is 2. The zero-order valence-corrected chi connectivity index (χ0v) is 17.3. The molecule has 0 bridgehead atoms. The highest BCUT2D eigenvalue weighted by Gasteiger charge is 2.45. The molecule has 1 aliphatic carbocycles. The number of hydrogen-bond acceptors (Lipinski definition) is 7. The van der Waals surface area contributed by atoms with Gasteiger partial charge in [-0.1, -0.05) is 0 Å². The van der Waals surface area contributed by atoms with E-state index in [0.717, 1.165) is 12.8 Å². The molecule has 0 atom stereocenters. The fourth-order valence-corrected chi connectivity index (χ4v) is 3.17. The lowest BCUT2D eigenvalue weighted by molar-refractivity contribution is -0.119. The van der Waals surface area contributed by atoms with Crippen molar-refractivity contribution in [1.82, 2.24) is 15.6 Å². The Morgan fingerprint density at radius 3 is 2.38 bits per heavy atom. The zero-order valence-electron chi connectivity index (χ0n) is 17.3. The number of urea groups is 1. The molecule has 0 unspecified atom stereocenters. The lowest BCUT2D eigenvalue weighted by Gasteiger charge is -2.40. The van der Waals surface area contributed by atoms with E-state index in [1.54, 1.807) is 0 Å². The summed E-state index contributed by atoms with van der Waals surface area (Å²) in [7, 11) is 0. The van der Waals surface area contributed by atoms with Gasteiger partial charge in [-0.3, -0.25) is 4.79 Å². The Kier molecular flexibility index (Phi) is 6.67. The summed E-state index contributed by atoms with van der Waals surface area (Å²) in [6.07, 6.45) is 2.23. The number of aromatic nitrogens is 1. The van der Waals surface area contributed by atoms with Gasteiger partial charge in [-0.15, -0.1) is 0 Å². The maximum absolute atomic E-state index is 12.9. The van der Waals surface area contributed by atoms with E-state index in [0.29, 0.717) is 18.2 Å². The molecule has 2 aliphatic heterocycles. The summed E-state index contributed by atoms with van der Waals surface area (Å²) in [6, 6.07) is 2.52. The van der Waals surface area contributed by atoms with E-state index in [9.17, 15) is 23.2 Å². The molecule has 176 valence electrons. The number of pyridine rings is 1. The molecule has 11 nitrogen and oxygen atoms in total. The van der Waals surface area contributed by atoms with Gasteiger partial charge in [0.2, 0.25) is 11.8 Å². The topological polar surface area (TPSA) is 173 Å². The number of aromatic carboxylic acids is 1. The van der Waals surface area contributed by atoms with Crippen LogP contribution in [0.2, 0.25) is 0 Å². The number of nitrogens with one attached hydrogen (secondary N) is 2. The smallest absolute Gasteiger partial charge is 0.354 e. The number of primary amides is 1. The van der Waals surface area contributed by atoms with Crippen molar-refractivity contribution in [3.8, 4) is 5.88 Å². The van der Waals surface area contributed by atoms with Gasteiger partial charge in [0.25, 0.3) is 5.92 Å². The van der Waals surface area contributed by atoms with E-state index in [2.05, 4.69) is 15.6 Å². The standard InChI is InChI=1S/C13H14F2N2O3.C6H12N4O2/c14-13(15)6-17(7-13)10-4-3-9(12(18)19)16-11(10)20-5-8-1-2-8;7-4(11)1-6(8)2-9-5(12)10-3-6/h3-4,8H,1-2,5-7H2,(H,18,19);1-3,8H2,(H2,7,11)(H2,9,10,12). The molecule has 13 heteroatoms. The van der Waals surface area contributed by atoms with Crippen LogP contribution >= 0.6 is 0 Å². The number of anilines is 1. The number of nitrogens with two attached hydrogens (primary N) is 2. The quantitative estimate of drug-likeness (QED) is 0.378. The van der Waals surface area contributed by atoms with E-state index in [1.165, 1.54) is 17.0 Å². The maximum Gasteiger partial charge on any atom is 0.354 e. The molecule has 3 aliphatic rings. The molecule has 0 spiro atoms. The molecule has 3 heterocycles. The SMILES string of the molecule is NC(=O)CC1(N)CNC(=O)NC1.O=C(O)c1ccc(N2CC(F)(F)C2)c(OCC2CC2)n1. The number of halogens is 2. The van der Waals surface area contributed by atoms with Crippen LogP contribution in [0.1, 0.15) is 29.8 Å². The molecule has 0 aromatic carbocycles. The van der Waals surface area contributed by atoms with Gasteiger partial charge in [-0.05, 0) is 30.9 Å². The second-order valence-corrected chi connectivity index (χ2v) is 8.33. The van der Waals surface area contributed by atoms with E-state index < -0.39 is 23.3 Å². The molecular weight excluding hydrogens is 430 g/mol. The van der Waals surface area contributed by atoms with Gasteiger partial charge >= 0.3 is 12.0 Å². The summed E-state index contributed by atoms with van der Waals surface area (Å²) < 4.78 is 31.4. The monoisotopic (exact) mass is 456 g/mol. The number of rotatable bonds is 7. The van der Waals surface area contributed by atoms with Crippen molar-refractivity contribution >= 4 is 23.6 Å². The third kappa shape index (κ3) is 6.39. The van der Waals surface area contributed by atoms with Crippen molar-refractivity contribution < 1.29 is 33.0 Å². The van der Waals surface area contributed by atoms with Gasteiger partial charge in [-0.2, -0.15) is 0 Å². The lowest BCUT2D eigenvalue weighted by atomic mass is 9.95. The summed E-state index contributed by atoms with van der Waals surface area (Å²) in [5, 5.41) is 13.9. The average molecular weight is 456 g/mol. The van der Waals surface area contributed by atoms with Gasteiger partial charge in [-0.25, -0.2) is 23.4 Å². The molecule has 1 saturated carbocycles. The van der Waals surface area contributed by atoms with Crippen molar-refractivity contribution in [3.05, 3.63) is 17.8 Å². The molecule has 0 radical (unpaired) electrons.